The summed E-state index contributed by atoms with van der Waals surface area (Å²) in [5, 5.41) is 1.77. The van der Waals surface area contributed by atoms with Crippen molar-refractivity contribution in [1.29, 1.82) is 0 Å². The first-order chi connectivity index (χ1) is 8.29. The number of nitrogen functional groups attached to an aromatic ring is 1. The molecule has 2 rings (SSSR count). The van der Waals surface area contributed by atoms with E-state index in [1.165, 1.54) is 25.7 Å². The topological polar surface area (TPSA) is 48.1 Å². The van der Waals surface area contributed by atoms with E-state index in [-0.39, 0.29) is 0 Å². The lowest BCUT2D eigenvalue weighted by molar-refractivity contribution is 0.305. The van der Waals surface area contributed by atoms with Crippen molar-refractivity contribution >= 4 is 17.4 Å². The van der Waals surface area contributed by atoms with Crippen LogP contribution in [0.4, 0.5) is 5.69 Å². The van der Waals surface area contributed by atoms with E-state index in [2.05, 4.69) is 11.9 Å². The molecule has 94 valence electrons. The summed E-state index contributed by atoms with van der Waals surface area (Å²) in [4.78, 5) is 4.49. The molecule has 1 aliphatic rings. The first-order valence-corrected chi connectivity index (χ1v) is 7.23. The monoisotopic (exact) mass is 252 g/mol. The lowest BCUT2D eigenvalue weighted by atomic mass is 10.4. The van der Waals surface area contributed by atoms with Crippen molar-refractivity contribution in [3.8, 4) is 5.88 Å². The Morgan fingerprint density at radius 2 is 2.18 bits per heavy atom. The van der Waals surface area contributed by atoms with Crippen LogP contribution in [0.25, 0.3) is 0 Å². The molecule has 4 heteroatoms. The van der Waals surface area contributed by atoms with E-state index in [1.54, 1.807) is 0 Å². The van der Waals surface area contributed by atoms with Crippen molar-refractivity contribution in [1.82, 2.24) is 4.98 Å². The van der Waals surface area contributed by atoms with Crippen LogP contribution in [0.5, 0.6) is 5.88 Å². The summed E-state index contributed by atoms with van der Waals surface area (Å²) >= 11 is 1.86. The van der Waals surface area contributed by atoms with Crippen LogP contribution in [-0.4, -0.2) is 16.8 Å². The maximum atomic E-state index is 5.84. The summed E-state index contributed by atoms with van der Waals surface area (Å²) in [6, 6.07) is 3.90. The van der Waals surface area contributed by atoms with Gasteiger partial charge in [-0.3, -0.25) is 0 Å². The Hall–Kier alpha value is -0.900. The van der Waals surface area contributed by atoms with Gasteiger partial charge in [-0.1, -0.05) is 19.8 Å². The Kier molecular flexibility index (Phi) is 4.54. The number of nitrogens with zero attached hydrogens (tertiary/aromatic N) is 1. The standard InChI is InChI=1S/C13H20N2OS/c1-2-9-16-13-11(14)7-8-12(15-13)17-10-5-3-4-6-10/h7-8,10H,2-6,9,14H2,1H3. The van der Waals surface area contributed by atoms with Gasteiger partial charge in [-0.25, -0.2) is 4.98 Å². The SMILES string of the molecule is CCCOc1nc(SC2CCCC2)ccc1N. The average Bonchev–Trinajstić information content (AvgIpc) is 2.82. The molecule has 0 spiro atoms. The fourth-order valence-electron chi connectivity index (χ4n) is 1.99. The molecule has 1 aliphatic carbocycles. The van der Waals surface area contributed by atoms with Crippen molar-refractivity contribution in [2.75, 3.05) is 12.3 Å². The van der Waals surface area contributed by atoms with Crippen LogP contribution >= 0.6 is 11.8 Å². The molecule has 0 amide bonds. The number of anilines is 1. The lowest BCUT2D eigenvalue weighted by Crippen LogP contribution is -2.03. The minimum absolute atomic E-state index is 0.592. The molecule has 0 radical (unpaired) electrons. The van der Waals surface area contributed by atoms with Gasteiger partial charge in [0.2, 0.25) is 5.88 Å². The maximum absolute atomic E-state index is 5.84. The van der Waals surface area contributed by atoms with E-state index in [0.29, 0.717) is 18.2 Å². The zero-order valence-electron chi connectivity index (χ0n) is 10.3. The number of ether oxygens (including phenoxy) is 1. The van der Waals surface area contributed by atoms with Crippen LogP contribution in [0.3, 0.4) is 0 Å². The molecule has 0 atom stereocenters. The molecule has 0 unspecified atom stereocenters. The molecule has 0 saturated heterocycles. The summed E-state index contributed by atoms with van der Waals surface area (Å²) in [7, 11) is 0. The molecule has 2 N–H and O–H groups in total. The van der Waals surface area contributed by atoms with Gasteiger partial charge >= 0.3 is 0 Å². The van der Waals surface area contributed by atoms with Crippen LogP contribution in [0.2, 0.25) is 0 Å². The van der Waals surface area contributed by atoms with Gasteiger partial charge in [0.25, 0.3) is 0 Å². The first-order valence-electron chi connectivity index (χ1n) is 6.35. The number of nitrogens with two attached hydrogens (primary N) is 1. The minimum atomic E-state index is 0.592. The van der Waals surface area contributed by atoms with Crippen molar-refractivity contribution in [3.63, 3.8) is 0 Å². The third-order valence-corrected chi connectivity index (χ3v) is 4.17. The normalized spacial score (nSPS) is 16.3. The highest BCUT2D eigenvalue weighted by Gasteiger charge is 2.17. The minimum Gasteiger partial charge on any atom is -0.476 e. The van der Waals surface area contributed by atoms with Crippen LogP contribution in [-0.2, 0) is 0 Å². The van der Waals surface area contributed by atoms with Gasteiger partial charge in [0.15, 0.2) is 0 Å². The zero-order valence-corrected chi connectivity index (χ0v) is 11.1. The van der Waals surface area contributed by atoms with E-state index in [0.717, 1.165) is 16.7 Å². The second-order valence-corrected chi connectivity index (χ2v) is 5.74. The summed E-state index contributed by atoms with van der Waals surface area (Å²) < 4.78 is 5.54. The van der Waals surface area contributed by atoms with Gasteiger partial charge in [0.1, 0.15) is 5.03 Å². The number of hydrogen-bond donors (Lipinski definition) is 1. The van der Waals surface area contributed by atoms with E-state index < -0.39 is 0 Å². The molecule has 3 nitrogen and oxygen atoms in total. The molecule has 1 fully saturated rings. The van der Waals surface area contributed by atoms with Crippen molar-refractivity contribution in [3.05, 3.63) is 12.1 Å². The van der Waals surface area contributed by atoms with E-state index in [4.69, 9.17) is 10.5 Å². The number of rotatable bonds is 5. The van der Waals surface area contributed by atoms with E-state index in [9.17, 15) is 0 Å². The Morgan fingerprint density at radius 3 is 2.88 bits per heavy atom. The zero-order chi connectivity index (χ0) is 12.1. The molecule has 1 heterocycles. The van der Waals surface area contributed by atoms with E-state index >= 15 is 0 Å². The fourth-order valence-corrected chi connectivity index (χ4v) is 3.18. The predicted molar refractivity (Wildman–Crippen MR) is 72.5 cm³/mol. The molecule has 1 aromatic rings. The quantitative estimate of drug-likeness (QED) is 0.871. The maximum Gasteiger partial charge on any atom is 0.238 e. The molecule has 0 bridgehead atoms. The Balaban J connectivity index is 2.01. The molecule has 0 aromatic carbocycles. The third-order valence-electron chi connectivity index (χ3n) is 2.90. The highest BCUT2D eigenvalue weighted by atomic mass is 32.2. The molecule has 1 aromatic heterocycles. The number of pyridine rings is 1. The number of aromatic nitrogens is 1. The summed E-state index contributed by atoms with van der Waals surface area (Å²) in [5.41, 5.74) is 6.48. The van der Waals surface area contributed by atoms with Crippen molar-refractivity contribution < 1.29 is 4.74 Å². The Bertz CT molecular complexity index is 364. The Morgan fingerprint density at radius 1 is 1.41 bits per heavy atom. The smallest absolute Gasteiger partial charge is 0.238 e. The Labute approximate surface area is 107 Å². The fraction of sp³-hybridized carbons (Fsp3) is 0.615. The van der Waals surface area contributed by atoms with Gasteiger partial charge in [-0.15, -0.1) is 11.8 Å². The molecular formula is C13H20N2OS. The van der Waals surface area contributed by atoms with Crippen LogP contribution in [0.15, 0.2) is 17.2 Å². The van der Waals surface area contributed by atoms with Gasteiger partial charge in [-0.05, 0) is 31.4 Å². The first kappa shape index (κ1) is 12.6. The van der Waals surface area contributed by atoms with Crippen molar-refractivity contribution in [2.45, 2.75) is 49.3 Å². The van der Waals surface area contributed by atoms with Crippen LogP contribution in [0, 0.1) is 0 Å². The van der Waals surface area contributed by atoms with Gasteiger partial charge < -0.3 is 10.5 Å². The van der Waals surface area contributed by atoms with Crippen LogP contribution < -0.4 is 10.5 Å². The second kappa shape index (κ2) is 6.15. The molecule has 0 aliphatic heterocycles. The van der Waals surface area contributed by atoms with E-state index in [1.807, 2.05) is 23.9 Å². The molecule has 1 saturated carbocycles. The lowest BCUT2D eigenvalue weighted by Gasteiger charge is -2.11. The molecule has 17 heavy (non-hydrogen) atoms. The summed E-state index contributed by atoms with van der Waals surface area (Å²) in [6.45, 7) is 2.75. The highest BCUT2D eigenvalue weighted by Crippen LogP contribution is 2.35. The van der Waals surface area contributed by atoms with Crippen molar-refractivity contribution in [2.24, 2.45) is 0 Å². The molecular weight excluding hydrogens is 232 g/mol. The third kappa shape index (κ3) is 3.53. The van der Waals surface area contributed by atoms with Gasteiger partial charge in [0, 0.05) is 5.25 Å². The number of hydrogen-bond acceptors (Lipinski definition) is 4. The predicted octanol–water partition coefficient (Wildman–Crippen LogP) is 3.49. The van der Waals surface area contributed by atoms with Gasteiger partial charge in [0.05, 0.1) is 12.3 Å². The van der Waals surface area contributed by atoms with Crippen LogP contribution in [0.1, 0.15) is 39.0 Å². The highest BCUT2D eigenvalue weighted by molar-refractivity contribution is 7.99. The number of thioether (sulfide) groups is 1. The summed E-state index contributed by atoms with van der Waals surface area (Å²) in [5.74, 6) is 0.592. The largest absolute Gasteiger partial charge is 0.476 e. The summed E-state index contributed by atoms with van der Waals surface area (Å²) in [6.07, 6.45) is 6.29. The average molecular weight is 252 g/mol. The second-order valence-electron chi connectivity index (χ2n) is 4.42. The van der Waals surface area contributed by atoms with Gasteiger partial charge in [-0.2, -0.15) is 0 Å².